The summed E-state index contributed by atoms with van der Waals surface area (Å²) in [6.07, 6.45) is 5.13. The van der Waals surface area contributed by atoms with Crippen molar-refractivity contribution >= 4 is 11.7 Å². The van der Waals surface area contributed by atoms with Crippen molar-refractivity contribution in [1.29, 1.82) is 0 Å². The fourth-order valence-electron chi connectivity index (χ4n) is 3.06. The van der Waals surface area contributed by atoms with Crippen molar-refractivity contribution < 1.29 is 4.79 Å². The number of benzene rings is 1. The van der Waals surface area contributed by atoms with Gasteiger partial charge in [-0.1, -0.05) is 30.3 Å². The molecular formula is C18H23N5O. The van der Waals surface area contributed by atoms with Crippen LogP contribution >= 0.6 is 0 Å². The van der Waals surface area contributed by atoms with Gasteiger partial charge in [-0.2, -0.15) is 0 Å². The number of hydrogen-bond donors (Lipinski definition) is 2. The van der Waals surface area contributed by atoms with Gasteiger partial charge < -0.3 is 16.0 Å². The van der Waals surface area contributed by atoms with E-state index in [-0.39, 0.29) is 17.4 Å². The topological polar surface area (TPSA) is 84.1 Å². The molecule has 0 aliphatic carbocycles. The minimum absolute atomic E-state index is 0.172. The molecule has 1 aromatic heterocycles. The molecule has 1 amide bonds. The van der Waals surface area contributed by atoms with E-state index in [0.29, 0.717) is 12.5 Å². The lowest BCUT2D eigenvalue weighted by atomic mass is 10.1. The zero-order valence-electron chi connectivity index (χ0n) is 13.7. The number of nitrogens with one attached hydrogen (secondary N) is 1. The highest BCUT2D eigenvalue weighted by molar-refractivity contribution is 5.96. The lowest BCUT2D eigenvalue weighted by Crippen LogP contribution is -2.32. The van der Waals surface area contributed by atoms with Gasteiger partial charge in [0.2, 0.25) is 0 Å². The molecule has 1 aromatic carbocycles. The highest BCUT2D eigenvalue weighted by atomic mass is 16.1. The Labute approximate surface area is 142 Å². The second kappa shape index (κ2) is 7.88. The van der Waals surface area contributed by atoms with Crippen LogP contribution < -0.4 is 11.1 Å². The molecule has 0 radical (unpaired) electrons. The first-order chi connectivity index (χ1) is 11.7. The van der Waals surface area contributed by atoms with Crippen LogP contribution in [0, 0.1) is 5.92 Å². The average molecular weight is 325 g/mol. The quantitative estimate of drug-likeness (QED) is 0.837. The lowest BCUT2D eigenvalue weighted by Gasteiger charge is -2.16. The molecule has 0 bridgehead atoms. The predicted molar refractivity (Wildman–Crippen MR) is 93.5 cm³/mol. The normalized spacial score (nSPS) is 17.8. The van der Waals surface area contributed by atoms with Crippen LogP contribution in [0.15, 0.2) is 42.7 Å². The first-order valence-electron chi connectivity index (χ1n) is 8.33. The summed E-state index contributed by atoms with van der Waals surface area (Å²) < 4.78 is 0. The molecule has 1 fully saturated rings. The molecule has 3 N–H and O–H groups in total. The molecule has 24 heavy (non-hydrogen) atoms. The van der Waals surface area contributed by atoms with Crippen LogP contribution in [0.1, 0.15) is 22.5 Å². The van der Waals surface area contributed by atoms with Crippen molar-refractivity contribution in [2.24, 2.45) is 5.92 Å². The lowest BCUT2D eigenvalue weighted by molar-refractivity contribution is 0.0943. The second-order valence-electron chi connectivity index (χ2n) is 6.19. The molecule has 0 saturated carbocycles. The third-order valence-electron chi connectivity index (χ3n) is 4.42. The Kier molecular flexibility index (Phi) is 5.38. The van der Waals surface area contributed by atoms with Crippen molar-refractivity contribution in [1.82, 2.24) is 20.2 Å². The van der Waals surface area contributed by atoms with Gasteiger partial charge in [0.25, 0.3) is 5.91 Å². The van der Waals surface area contributed by atoms with E-state index in [4.69, 9.17) is 5.73 Å². The molecule has 2 heterocycles. The smallest absolute Gasteiger partial charge is 0.273 e. The summed E-state index contributed by atoms with van der Waals surface area (Å²) in [5, 5.41) is 2.93. The standard InChI is InChI=1S/C18H23N5O/c19-17-16(20-8-9-21-17)18(24)22-12-15-7-11-23(13-15)10-6-14-4-2-1-3-5-14/h1-5,8-9,15H,6-7,10-13H2,(H2,19,21)(H,22,24)/t15-/m0/s1. The van der Waals surface area contributed by atoms with Crippen LogP contribution in [0.5, 0.6) is 0 Å². The minimum atomic E-state index is -0.247. The van der Waals surface area contributed by atoms with Crippen LogP contribution in [0.3, 0.4) is 0 Å². The number of nitrogens with two attached hydrogens (primary N) is 1. The van der Waals surface area contributed by atoms with E-state index in [1.165, 1.54) is 18.0 Å². The summed E-state index contributed by atoms with van der Waals surface area (Å²) in [7, 11) is 0. The summed E-state index contributed by atoms with van der Waals surface area (Å²) in [5.41, 5.74) is 7.25. The monoisotopic (exact) mass is 325 g/mol. The molecule has 1 atom stereocenters. The highest BCUT2D eigenvalue weighted by Gasteiger charge is 2.23. The van der Waals surface area contributed by atoms with Gasteiger partial charge in [-0.15, -0.1) is 0 Å². The zero-order chi connectivity index (χ0) is 16.8. The third kappa shape index (κ3) is 4.29. The fourth-order valence-corrected chi connectivity index (χ4v) is 3.06. The van der Waals surface area contributed by atoms with Crippen LogP contribution in [0.25, 0.3) is 0 Å². The van der Waals surface area contributed by atoms with Gasteiger partial charge in [-0.25, -0.2) is 9.97 Å². The minimum Gasteiger partial charge on any atom is -0.382 e. The predicted octanol–water partition coefficient (Wildman–Crippen LogP) is 1.35. The van der Waals surface area contributed by atoms with Crippen LogP contribution in [0.4, 0.5) is 5.82 Å². The van der Waals surface area contributed by atoms with E-state index in [9.17, 15) is 4.79 Å². The first kappa shape index (κ1) is 16.4. The van der Waals surface area contributed by atoms with Crippen molar-refractivity contribution in [3.63, 3.8) is 0 Å². The average Bonchev–Trinajstić information content (AvgIpc) is 3.07. The Morgan fingerprint density at radius 3 is 2.83 bits per heavy atom. The maximum absolute atomic E-state index is 12.1. The molecular weight excluding hydrogens is 302 g/mol. The molecule has 126 valence electrons. The number of amides is 1. The van der Waals surface area contributed by atoms with Crippen molar-refractivity contribution in [3.05, 3.63) is 54.0 Å². The van der Waals surface area contributed by atoms with E-state index < -0.39 is 0 Å². The molecule has 3 rings (SSSR count). The number of anilines is 1. The molecule has 1 saturated heterocycles. The van der Waals surface area contributed by atoms with E-state index in [1.807, 2.05) is 6.07 Å². The molecule has 0 spiro atoms. The van der Waals surface area contributed by atoms with E-state index in [2.05, 4.69) is 44.5 Å². The number of nitrogen functional groups attached to an aromatic ring is 1. The van der Waals surface area contributed by atoms with Gasteiger partial charge in [0, 0.05) is 32.0 Å². The van der Waals surface area contributed by atoms with E-state index >= 15 is 0 Å². The van der Waals surface area contributed by atoms with E-state index in [1.54, 1.807) is 0 Å². The number of likely N-dealkylation sites (tertiary alicyclic amines) is 1. The summed E-state index contributed by atoms with van der Waals surface area (Å²) >= 11 is 0. The SMILES string of the molecule is Nc1nccnc1C(=O)NC[C@@H]1CCN(CCc2ccccc2)C1. The van der Waals surface area contributed by atoms with Crippen molar-refractivity contribution in [3.8, 4) is 0 Å². The van der Waals surface area contributed by atoms with Crippen molar-refractivity contribution in [2.75, 3.05) is 31.9 Å². The number of hydrogen-bond acceptors (Lipinski definition) is 5. The summed E-state index contributed by atoms with van der Waals surface area (Å²) in [4.78, 5) is 22.4. The number of rotatable bonds is 6. The maximum atomic E-state index is 12.1. The van der Waals surface area contributed by atoms with Gasteiger partial charge in [0.1, 0.15) is 0 Å². The zero-order valence-corrected chi connectivity index (χ0v) is 13.7. The Hall–Kier alpha value is -2.47. The van der Waals surface area contributed by atoms with Gasteiger partial charge in [0.05, 0.1) is 0 Å². The third-order valence-corrected chi connectivity index (χ3v) is 4.42. The van der Waals surface area contributed by atoms with Gasteiger partial charge >= 0.3 is 0 Å². The van der Waals surface area contributed by atoms with E-state index in [0.717, 1.165) is 32.5 Å². The molecule has 6 heteroatoms. The molecule has 2 aromatic rings. The maximum Gasteiger partial charge on any atom is 0.273 e. The Bertz CT molecular complexity index is 676. The largest absolute Gasteiger partial charge is 0.382 e. The molecule has 1 aliphatic heterocycles. The van der Waals surface area contributed by atoms with Crippen LogP contribution in [-0.4, -0.2) is 47.0 Å². The highest BCUT2D eigenvalue weighted by Crippen LogP contribution is 2.16. The summed E-state index contributed by atoms with van der Waals surface area (Å²) in [5.74, 6) is 0.400. The summed E-state index contributed by atoms with van der Waals surface area (Å²) in [6, 6.07) is 10.5. The van der Waals surface area contributed by atoms with Gasteiger partial charge in [0.15, 0.2) is 11.5 Å². The summed E-state index contributed by atoms with van der Waals surface area (Å²) in [6.45, 7) is 3.81. The number of carbonyl (C=O) groups is 1. The van der Waals surface area contributed by atoms with Crippen LogP contribution in [-0.2, 0) is 6.42 Å². The Morgan fingerprint density at radius 1 is 1.25 bits per heavy atom. The number of aromatic nitrogens is 2. The first-order valence-corrected chi connectivity index (χ1v) is 8.33. The Morgan fingerprint density at radius 2 is 2.04 bits per heavy atom. The molecule has 0 unspecified atom stereocenters. The second-order valence-corrected chi connectivity index (χ2v) is 6.19. The Balaban J connectivity index is 1.42. The fraction of sp³-hybridized carbons (Fsp3) is 0.389. The molecule has 1 aliphatic rings. The molecule has 6 nitrogen and oxygen atoms in total. The van der Waals surface area contributed by atoms with Crippen molar-refractivity contribution in [2.45, 2.75) is 12.8 Å². The van der Waals surface area contributed by atoms with Crippen LogP contribution in [0.2, 0.25) is 0 Å². The van der Waals surface area contributed by atoms with Gasteiger partial charge in [-0.05, 0) is 30.9 Å². The number of nitrogens with zero attached hydrogens (tertiary/aromatic N) is 3. The van der Waals surface area contributed by atoms with Gasteiger partial charge in [-0.3, -0.25) is 4.79 Å². The number of carbonyl (C=O) groups excluding carboxylic acids is 1.